The molecule has 4 rings (SSSR count). The van der Waals surface area contributed by atoms with Crippen molar-refractivity contribution in [2.24, 2.45) is 11.8 Å². The Kier molecular flexibility index (Phi) is 4.63. The van der Waals surface area contributed by atoms with E-state index < -0.39 is 0 Å². The van der Waals surface area contributed by atoms with Gasteiger partial charge in [-0.25, -0.2) is 4.98 Å². The molecule has 1 aliphatic rings. The smallest absolute Gasteiger partial charge is 0.137 e. The maximum atomic E-state index is 6.08. The number of nitrogens with two attached hydrogens (primary N) is 1. The first-order chi connectivity index (χ1) is 12.5. The van der Waals surface area contributed by atoms with E-state index in [2.05, 4.69) is 23.1 Å². The van der Waals surface area contributed by atoms with Crippen molar-refractivity contribution in [3.8, 4) is 11.3 Å². The predicted octanol–water partition coefficient (Wildman–Crippen LogP) is 4.71. The van der Waals surface area contributed by atoms with Crippen molar-refractivity contribution in [1.29, 1.82) is 0 Å². The van der Waals surface area contributed by atoms with Gasteiger partial charge in [-0.15, -0.1) is 0 Å². The van der Waals surface area contributed by atoms with Gasteiger partial charge in [0, 0.05) is 42.1 Å². The summed E-state index contributed by atoms with van der Waals surface area (Å²) in [5.74, 6) is 1.45. The largest absolute Gasteiger partial charge is 0.398 e. The minimum Gasteiger partial charge on any atom is -0.398 e. The molecule has 2 unspecified atom stereocenters. The first-order valence-electron chi connectivity index (χ1n) is 9.24. The second-order valence-electron chi connectivity index (χ2n) is 7.74. The van der Waals surface area contributed by atoms with Crippen LogP contribution in [0.1, 0.15) is 26.0 Å². The summed E-state index contributed by atoms with van der Waals surface area (Å²) in [6.45, 7) is 7.81. The van der Waals surface area contributed by atoms with Crippen LogP contribution in [0.2, 0.25) is 5.02 Å². The SMILES string of the molecule is CC1CC(C)CN(Cc2c(-c3ccc(Cl)cc3)nc3ccc(N)cn23)C1. The van der Waals surface area contributed by atoms with Gasteiger partial charge in [-0.3, -0.25) is 4.90 Å². The van der Waals surface area contributed by atoms with E-state index in [0.29, 0.717) is 0 Å². The Morgan fingerprint density at radius 2 is 1.77 bits per heavy atom. The third-order valence-corrected chi connectivity index (χ3v) is 5.43. The highest BCUT2D eigenvalue weighted by Gasteiger charge is 2.24. The standard InChI is InChI=1S/C21H25ClN4/c1-14-9-15(2)11-25(10-14)13-19-21(16-3-5-17(22)6-4-16)24-20-8-7-18(23)12-26(19)20/h3-8,12,14-15H,9-11,13,23H2,1-2H3. The number of likely N-dealkylation sites (tertiary alicyclic amines) is 1. The lowest BCUT2D eigenvalue weighted by Crippen LogP contribution is -2.38. The number of rotatable bonds is 3. The van der Waals surface area contributed by atoms with Crippen molar-refractivity contribution in [2.75, 3.05) is 18.8 Å². The molecule has 1 aromatic carbocycles. The first-order valence-corrected chi connectivity index (χ1v) is 9.62. The highest BCUT2D eigenvalue weighted by Crippen LogP contribution is 2.29. The van der Waals surface area contributed by atoms with E-state index in [1.165, 1.54) is 12.1 Å². The van der Waals surface area contributed by atoms with Crippen LogP contribution in [0, 0.1) is 11.8 Å². The summed E-state index contributed by atoms with van der Waals surface area (Å²) in [6, 6.07) is 11.8. The van der Waals surface area contributed by atoms with E-state index in [4.69, 9.17) is 22.3 Å². The lowest BCUT2D eigenvalue weighted by molar-refractivity contribution is 0.133. The van der Waals surface area contributed by atoms with Crippen molar-refractivity contribution in [1.82, 2.24) is 14.3 Å². The van der Waals surface area contributed by atoms with Crippen molar-refractivity contribution < 1.29 is 0 Å². The molecule has 2 aromatic heterocycles. The zero-order valence-corrected chi connectivity index (χ0v) is 16.1. The summed E-state index contributed by atoms with van der Waals surface area (Å²) < 4.78 is 2.14. The first kappa shape index (κ1) is 17.4. The molecule has 136 valence electrons. The number of piperidine rings is 1. The predicted molar refractivity (Wildman–Crippen MR) is 108 cm³/mol. The van der Waals surface area contributed by atoms with E-state index in [0.717, 1.165) is 59.1 Å². The molecule has 1 saturated heterocycles. The van der Waals surface area contributed by atoms with Crippen molar-refractivity contribution in [3.63, 3.8) is 0 Å². The fourth-order valence-electron chi connectivity index (χ4n) is 4.23. The molecule has 1 fully saturated rings. The second kappa shape index (κ2) is 6.93. The molecule has 0 radical (unpaired) electrons. The normalized spacial score (nSPS) is 21.3. The summed E-state index contributed by atoms with van der Waals surface area (Å²) in [6.07, 6.45) is 3.29. The van der Waals surface area contributed by atoms with Gasteiger partial charge in [-0.1, -0.05) is 37.6 Å². The lowest BCUT2D eigenvalue weighted by Gasteiger charge is -2.35. The van der Waals surface area contributed by atoms with Crippen LogP contribution in [0.5, 0.6) is 0 Å². The summed E-state index contributed by atoms with van der Waals surface area (Å²) in [5.41, 5.74) is 11.0. The number of hydrogen-bond acceptors (Lipinski definition) is 3. The fourth-order valence-corrected chi connectivity index (χ4v) is 4.36. The number of anilines is 1. The van der Waals surface area contributed by atoms with Crippen LogP contribution in [-0.2, 0) is 6.54 Å². The molecule has 26 heavy (non-hydrogen) atoms. The summed E-state index contributed by atoms with van der Waals surface area (Å²) in [5, 5.41) is 0.738. The number of nitrogen functional groups attached to an aromatic ring is 1. The van der Waals surface area contributed by atoms with Gasteiger partial charge in [0.1, 0.15) is 5.65 Å². The quantitative estimate of drug-likeness (QED) is 0.727. The average molecular weight is 369 g/mol. The van der Waals surface area contributed by atoms with Crippen LogP contribution in [0.25, 0.3) is 16.9 Å². The summed E-state index contributed by atoms with van der Waals surface area (Å²) in [4.78, 5) is 7.44. The Labute approximate surface area is 159 Å². The van der Waals surface area contributed by atoms with E-state index in [1.807, 2.05) is 42.6 Å². The molecule has 1 aliphatic heterocycles. The zero-order valence-electron chi connectivity index (χ0n) is 15.3. The van der Waals surface area contributed by atoms with E-state index in [-0.39, 0.29) is 0 Å². The van der Waals surface area contributed by atoms with Crippen LogP contribution in [0.15, 0.2) is 42.6 Å². The molecule has 0 spiro atoms. The van der Waals surface area contributed by atoms with Crippen LogP contribution in [0.3, 0.4) is 0 Å². The van der Waals surface area contributed by atoms with Crippen LogP contribution >= 0.6 is 11.6 Å². The van der Waals surface area contributed by atoms with Crippen molar-refractivity contribution in [2.45, 2.75) is 26.8 Å². The number of benzene rings is 1. The Morgan fingerprint density at radius 3 is 2.46 bits per heavy atom. The molecule has 5 heteroatoms. The molecule has 0 bridgehead atoms. The Morgan fingerprint density at radius 1 is 1.08 bits per heavy atom. The minimum absolute atomic E-state index is 0.724. The molecule has 0 amide bonds. The molecular weight excluding hydrogens is 344 g/mol. The van der Waals surface area contributed by atoms with Gasteiger partial charge < -0.3 is 10.1 Å². The van der Waals surface area contributed by atoms with Gasteiger partial charge >= 0.3 is 0 Å². The van der Waals surface area contributed by atoms with Crippen molar-refractivity contribution in [3.05, 3.63) is 53.3 Å². The number of imidazole rings is 1. The maximum Gasteiger partial charge on any atom is 0.137 e. The number of fused-ring (bicyclic) bond motifs is 1. The molecular formula is C21H25ClN4. The monoisotopic (exact) mass is 368 g/mol. The van der Waals surface area contributed by atoms with Gasteiger partial charge in [0.2, 0.25) is 0 Å². The fraction of sp³-hybridized carbons (Fsp3) is 0.381. The number of pyridine rings is 1. The van der Waals surface area contributed by atoms with Crippen LogP contribution in [-0.4, -0.2) is 27.4 Å². The van der Waals surface area contributed by atoms with Crippen molar-refractivity contribution >= 4 is 22.9 Å². The van der Waals surface area contributed by atoms with Crippen LogP contribution < -0.4 is 5.73 Å². The number of halogens is 1. The molecule has 0 saturated carbocycles. The minimum atomic E-state index is 0.724. The second-order valence-corrected chi connectivity index (χ2v) is 8.18. The summed E-state index contributed by atoms with van der Waals surface area (Å²) >= 11 is 6.08. The molecule has 4 nitrogen and oxygen atoms in total. The highest BCUT2D eigenvalue weighted by atomic mass is 35.5. The molecule has 3 heterocycles. The third kappa shape index (κ3) is 3.44. The Bertz CT molecular complexity index is 906. The van der Waals surface area contributed by atoms with Gasteiger partial charge in [0.05, 0.1) is 11.4 Å². The molecule has 2 N–H and O–H groups in total. The van der Waals surface area contributed by atoms with Gasteiger partial charge in [0.15, 0.2) is 0 Å². The lowest BCUT2D eigenvalue weighted by atomic mass is 9.92. The van der Waals surface area contributed by atoms with E-state index in [1.54, 1.807) is 0 Å². The number of hydrogen-bond donors (Lipinski definition) is 1. The summed E-state index contributed by atoms with van der Waals surface area (Å²) in [7, 11) is 0. The molecule has 3 aromatic rings. The van der Waals surface area contributed by atoms with Crippen LogP contribution in [0.4, 0.5) is 5.69 Å². The Balaban J connectivity index is 1.78. The average Bonchev–Trinajstić information content (AvgIpc) is 2.92. The van der Waals surface area contributed by atoms with E-state index in [9.17, 15) is 0 Å². The van der Waals surface area contributed by atoms with Gasteiger partial charge in [-0.2, -0.15) is 0 Å². The number of aromatic nitrogens is 2. The topological polar surface area (TPSA) is 46.6 Å². The maximum absolute atomic E-state index is 6.08. The Hall–Kier alpha value is -2.04. The van der Waals surface area contributed by atoms with Gasteiger partial charge in [0.25, 0.3) is 0 Å². The highest BCUT2D eigenvalue weighted by molar-refractivity contribution is 6.30. The molecule has 2 atom stereocenters. The number of nitrogens with zero attached hydrogens (tertiary/aromatic N) is 3. The third-order valence-electron chi connectivity index (χ3n) is 5.18. The zero-order chi connectivity index (χ0) is 18.3. The molecule has 0 aliphatic carbocycles. The van der Waals surface area contributed by atoms with Gasteiger partial charge in [-0.05, 0) is 42.5 Å². The van der Waals surface area contributed by atoms with E-state index >= 15 is 0 Å².